The van der Waals surface area contributed by atoms with E-state index in [1.165, 1.54) is 0 Å². The summed E-state index contributed by atoms with van der Waals surface area (Å²) in [6.45, 7) is 1.73. The minimum atomic E-state index is -4.55. The second-order valence-corrected chi connectivity index (χ2v) is 5.10. The second kappa shape index (κ2) is 6.23. The first-order valence-corrected chi connectivity index (χ1v) is 6.76. The molecule has 1 heterocycles. The highest BCUT2D eigenvalue weighted by atomic mass is 19.4. The van der Waals surface area contributed by atoms with Crippen molar-refractivity contribution >= 4 is 11.9 Å². The molecule has 5 nitrogen and oxygen atoms in total. The van der Waals surface area contributed by atoms with Crippen LogP contribution in [0.3, 0.4) is 0 Å². The number of amides is 1. The Morgan fingerprint density at radius 2 is 1.96 bits per heavy atom. The van der Waals surface area contributed by atoms with Crippen LogP contribution in [-0.2, 0) is 19.0 Å². The Morgan fingerprint density at radius 3 is 2.57 bits per heavy atom. The molecule has 1 amide bonds. The number of alkyl halides is 3. The summed E-state index contributed by atoms with van der Waals surface area (Å²) in [5.74, 6) is -0.790. The number of nitrogens with zero attached hydrogens (tertiary/aromatic N) is 2. The van der Waals surface area contributed by atoms with Crippen LogP contribution in [-0.4, -0.2) is 15.9 Å². The van der Waals surface area contributed by atoms with Gasteiger partial charge in [0.05, 0.1) is 11.3 Å². The lowest BCUT2D eigenvalue weighted by molar-refractivity contribution is -0.138. The minimum absolute atomic E-state index is 0.0167. The molecule has 0 bridgehead atoms. The summed E-state index contributed by atoms with van der Waals surface area (Å²) in [5.41, 5.74) is 11.3. The molecule has 2 rings (SSSR count). The Hall–Kier alpha value is -2.64. The highest BCUT2D eigenvalue weighted by Crippen LogP contribution is 2.31. The molecule has 0 aliphatic carbocycles. The van der Waals surface area contributed by atoms with Gasteiger partial charge in [-0.25, -0.2) is 9.97 Å². The Labute approximate surface area is 130 Å². The van der Waals surface area contributed by atoms with Crippen LogP contribution in [0.1, 0.15) is 32.7 Å². The van der Waals surface area contributed by atoms with Gasteiger partial charge < -0.3 is 11.5 Å². The van der Waals surface area contributed by atoms with Crippen molar-refractivity contribution in [3.63, 3.8) is 0 Å². The molecule has 0 aliphatic rings. The van der Waals surface area contributed by atoms with Crippen LogP contribution in [0, 0.1) is 6.92 Å². The summed E-state index contributed by atoms with van der Waals surface area (Å²) >= 11 is 0. The van der Waals surface area contributed by atoms with E-state index >= 15 is 0 Å². The predicted octanol–water partition coefficient (Wildman–Crippen LogP) is 2.27. The van der Waals surface area contributed by atoms with E-state index in [-0.39, 0.29) is 24.5 Å². The summed E-state index contributed by atoms with van der Waals surface area (Å²) in [4.78, 5) is 18.4. The third-order valence-corrected chi connectivity index (χ3v) is 3.41. The van der Waals surface area contributed by atoms with Crippen molar-refractivity contribution in [1.82, 2.24) is 9.97 Å². The first-order valence-electron chi connectivity index (χ1n) is 6.76. The monoisotopic (exact) mass is 324 g/mol. The first kappa shape index (κ1) is 16.7. The van der Waals surface area contributed by atoms with Crippen molar-refractivity contribution in [2.75, 3.05) is 5.73 Å². The number of benzene rings is 1. The van der Waals surface area contributed by atoms with Crippen LogP contribution < -0.4 is 11.5 Å². The van der Waals surface area contributed by atoms with Gasteiger partial charge in [-0.05, 0) is 37.0 Å². The Kier molecular flexibility index (Phi) is 4.53. The first-order chi connectivity index (χ1) is 10.7. The zero-order chi connectivity index (χ0) is 17.2. The number of hydrogen-bond acceptors (Lipinski definition) is 4. The van der Waals surface area contributed by atoms with Gasteiger partial charge in [0.25, 0.3) is 0 Å². The average molecular weight is 324 g/mol. The quantitative estimate of drug-likeness (QED) is 0.902. The molecular weight excluding hydrogens is 309 g/mol. The van der Waals surface area contributed by atoms with Crippen LogP contribution in [0.25, 0.3) is 0 Å². The third kappa shape index (κ3) is 3.97. The fourth-order valence-corrected chi connectivity index (χ4v) is 2.21. The molecule has 0 spiro atoms. The minimum Gasteiger partial charge on any atom is -0.368 e. The predicted molar refractivity (Wildman–Crippen MR) is 78.6 cm³/mol. The molecule has 1 aromatic heterocycles. The molecule has 0 aliphatic heterocycles. The van der Waals surface area contributed by atoms with Crippen LogP contribution in [0.4, 0.5) is 19.1 Å². The van der Waals surface area contributed by atoms with E-state index in [1.54, 1.807) is 25.1 Å². The van der Waals surface area contributed by atoms with Crippen molar-refractivity contribution in [1.29, 1.82) is 0 Å². The van der Waals surface area contributed by atoms with E-state index in [0.29, 0.717) is 22.9 Å². The molecule has 0 fully saturated rings. The number of halogens is 3. The fraction of sp³-hybridized carbons (Fsp3) is 0.267. The van der Waals surface area contributed by atoms with Gasteiger partial charge in [0.2, 0.25) is 11.9 Å². The highest BCUT2D eigenvalue weighted by molar-refractivity contribution is 5.94. The second-order valence-electron chi connectivity index (χ2n) is 5.10. The molecule has 2 aromatic rings. The van der Waals surface area contributed by atoms with Crippen molar-refractivity contribution < 1.29 is 18.0 Å². The van der Waals surface area contributed by atoms with Gasteiger partial charge in [0.1, 0.15) is 0 Å². The molecule has 122 valence electrons. The topological polar surface area (TPSA) is 94.9 Å². The maximum atomic E-state index is 12.9. The average Bonchev–Trinajstić information content (AvgIpc) is 2.44. The van der Waals surface area contributed by atoms with Gasteiger partial charge >= 0.3 is 6.18 Å². The molecule has 0 atom stereocenters. The lowest BCUT2D eigenvalue weighted by atomic mass is 10.00. The number of nitrogen functional groups attached to an aromatic ring is 1. The Balaban J connectivity index is 2.26. The maximum Gasteiger partial charge on any atom is 0.419 e. The summed E-state index contributed by atoms with van der Waals surface area (Å²) in [5, 5.41) is 0. The van der Waals surface area contributed by atoms with E-state index in [9.17, 15) is 18.0 Å². The van der Waals surface area contributed by atoms with Crippen molar-refractivity contribution in [3.05, 3.63) is 52.3 Å². The summed E-state index contributed by atoms with van der Waals surface area (Å²) in [7, 11) is 0. The Bertz CT molecular complexity index is 744. The standard InChI is InChI=1S/C15H15F3N4O/c1-8-2-3-9(6-10(8)13(19)23)4-5-12-11(15(16,17)18)7-21-14(20)22-12/h2-3,6-7H,4-5H2,1H3,(H2,19,23)(H2,20,21,22). The van der Waals surface area contributed by atoms with Crippen molar-refractivity contribution in [2.45, 2.75) is 25.9 Å². The number of rotatable bonds is 4. The molecular formula is C15H15F3N4O. The summed E-state index contributed by atoms with van der Waals surface area (Å²) in [6.07, 6.45) is -3.58. The molecule has 0 saturated carbocycles. The van der Waals surface area contributed by atoms with E-state index in [2.05, 4.69) is 9.97 Å². The molecule has 8 heteroatoms. The lowest BCUT2D eigenvalue weighted by Gasteiger charge is -2.12. The number of primary amides is 1. The largest absolute Gasteiger partial charge is 0.419 e. The normalized spacial score (nSPS) is 11.5. The van der Waals surface area contributed by atoms with Gasteiger partial charge in [-0.1, -0.05) is 12.1 Å². The van der Waals surface area contributed by atoms with Crippen LogP contribution >= 0.6 is 0 Å². The van der Waals surface area contributed by atoms with Gasteiger partial charge in [-0.15, -0.1) is 0 Å². The fourth-order valence-electron chi connectivity index (χ4n) is 2.21. The van der Waals surface area contributed by atoms with Gasteiger partial charge in [0, 0.05) is 11.8 Å². The summed E-state index contributed by atoms with van der Waals surface area (Å²) in [6, 6.07) is 5.02. The number of anilines is 1. The van der Waals surface area contributed by atoms with E-state index in [1.807, 2.05) is 0 Å². The number of aryl methyl sites for hydroxylation is 3. The van der Waals surface area contributed by atoms with Gasteiger partial charge in [0.15, 0.2) is 0 Å². The van der Waals surface area contributed by atoms with Crippen LogP contribution in [0.5, 0.6) is 0 Å². The third-order valence-electron chi connectivity index (χ3n) is 3.41. The number of hydrogen-bond donors (Lipinski definition) is 2. The molecule has 23 heavy (non-hydrogen) atoms. The number of nitrogens with two attached hydrogens (primary N) is 2. The van der Waals surface area contributed by atoms with Crippen LogP contribution in [0.15, 0.2) is 24.4 Å². The number of aromatic nitrogens is 2. The molecule has 0 saturated heterocycles. The lowest BCUT2D eigenvalue weighted by Crippen LogP contribution is -2.15. The molecule has 0 radical (unpaired) electrons. The van der Waals surface area contributed by atoms with Crippen molar-refractivity contribution in [2.24, 2.45) is 5.73 Å². The molecule has 4 N–H and O–H groups in total. The smallest absolute Gasteiger partial charge is 0.368 e. The van der Waals surface area contributed by atoms with Crippen molar-refractivity contribution in [3.8, 4) is 0 Å². The van der Waals surface area contributed by atoms with E-state index in [4.69, 9.17) is 11.5 Å². The molecule has 0 unspecified atom stereocenters. The zero-order valence-electron chi connectivity index (χ0n) is 12.3. The zero-order valence-corrected chi connectivity index (χ0v) is 12.3. The SMILES string of the molecule is Cc1ccc(CCc2nc(N)ncc2C(F)(F)F)cc1C(N)=O. The number of carbonyl (C=O) groups is 1. The van der Waals surface area contributed by atoms with Gasteiger partial charge in [-0.3, -0.25) is 4.79 Å². The molecule has 1 aromatic carbocycles. The highest BCUT2D eigenvalue weighted by Gasteiger charge is 2.34. The number of carbonyl (C=O) groups excluding carboxylic acids is 1. The Morgan fingerprint density at radius 1 is 1.26 bits per heavy atom. The van der Waals surface area contributed by atoms with E-state index < -0.39 is 17.6 Å². The van der Waals surface area contributed by atoms with E-state index in [0.717, 1.165) is 0 Å². The summed E-state index contributed by atoms with van der Waals surface area (Å²) < 4.78 is 38.8. The maximum absolute atomic E-state index is 12.9. The van der Waals surface area contributed by atoms with Crippen LogP contribution in [0.2, 0.25) is 0 Å². The van der Waals surface area contributed by atoms with Gasteiger partial charge in [-0.2, -0.15) is 13.2 Å².